The number of anilines is 3. The molecule has 1 heterocycles. The van der Waals surface area contributed by atoms with Gasteiger partial charge in [-0.25, -0.2) is 4.98 Å². The molecule has 3 aromatic carbocycles. The van der Waals surface area contributed by atoms with Crippen molar-refractivity contribution in [2.45, 2.75) is 6.04 Å². The minimum atomic E-state index is 0.0192. The number of aromatic nitrogens is 2. The molecule has 26 heavy (non-hydrogen) atoms. The average molecular weight is 341 g/mol. The van der Waals surface area contributed by atoms with Gasteiger partial charge in [0, 0.05) is 11.1 Å². The monoisotopic (exact) mass is 341 g/mol. The fourth-order valence-electron chi connectivity index (χ4n) is 3.08. The first-order valence-electron chi connectivity index (χ1n) is 8.40. The first-order valence-corrected chi connectivity index (χ1v) is 8.40. The summed E-state index contributed by atoms with van der Waals surface area (Å²) in [6.07, 6.45) is 0. The number of nitrogen functional groups attached to an aromatic ring is 2. The molecule has 5 heteroatoms. The summed E-state index contributed by atoms with van der Waals surface area (Å²) in [6.45, 7) is 0. The Labute approximate surface area is 151 Å². The molecule has 0 spiro atoms. The van der Waals surface area contributed by atoms with E-state index >= 15 is 0 Å². The minimum absolute atomic E-state index is 0.0192. The van der Waals surface area contributed by atoms with E-state index in [1.807, 2.05) is 54.6 Å². The topological polar surface area (TPSA) is 89.8 Å². The summed E-state index contributed by atoms with van der Waals surface area (Å²) >= 11 is 0. The first-order chi connectivity index (χ1) is 12.7. The van der Waals surface area contributed by atoms with Crippen LogP contribution in [-0.4, -0.2) is 9.97 Å². The highest BCUT2D eigenvalue weighted by Crippen LogP contribution is 2.29. The van der Waals surface area contributed by atoms with Crippen LogP contribution < -0.4 is 16.8 Å². The van der Waals surface area contributed by atoms with Crippen molar-refractivity contribution in [3.8, 4) is 0 Å². The van der Waals surface area contributed by atoms with E-state index in [9.17, 15) is 0 Å². The predicted octanol–water partition coefficient (Wildman–Crippen LogP) is 4.00. The van der Waals surface area contributed by atoms with Gasteiger partial charge in [-0.05, 0) is 29.3 Å². The molecule has 4 aromatic rings. The fraction of sp³-hybridized carbons (Fsp3) is 0.0476. The van der Waals surface area contributed by atoms with Crippen molar-refractivity contribution < 1.29 is 0 Å². The number of rotatable bonds is 4. The third kappa shape index (κ3) is 3.15. The summed E-state index contributed by atoms with van der Waals surface area (Å²) < 4.78 is 0. The van der Waals surface area contributed by atoms with Crippen LogP contribution in [0.5, 0.6) is 0 Å². The lowest BCUT2D eigenvalue weighted by Gasteiger charge is -2.21. The second-order valence-electron chi connectivity index (χ2n) is 6.10. The fourth-order valence-corrected chi connectivity index (χ4v) is 3.08. The van der Waals surface area contributed by atoms with Crippen LogP contribution in [0.3, 0.4) is 0 Å². The van der Waals surface area contributed by atoms with Crippen molar-refractivity contribution in [2.75, 3.05) is 16.8 Å². The van der Waals surface area contributed by atoms with Crippen molar-refractivity contribution in [2.24, 2.45) is 0 Å². The normalized spacial score (nSPS) is 11.0. The van der Waals surface area contributed by atoms with Gasteiger partial charge < -0.3 is 16.8 Å². The second kappa shape index (κ2) is 6.72. The molecule has 0 aliphatic carbocycles. The van der Waals surface area contributed by atoms with Crippen LogP contribution in [0.15, 0.2) is 78.9 Å². The number of fused-ring (bicyclic) bond motifs is 1. The van der Waals surface area contributed by atoms with E-state index in [0.717, 1.165) is 16.6 Å². The Morgan fingerprint density at radius 3 is 1.96 bits per heavy atom. The molecule has 0 saturated carbocycles. The van der Waals surface area contributed by atoms with E-state index in [0.29, 0.717) is 5.82 Å². The third-order valence-electron chi connectivity index (χ3n) is 4.32. The molecule has 5 N–H and O–H groups in total. The minimum Gasteiger partial charge on any atom is -0.383 e. The molecule has 0 atom stereocenters. The van der Waals surface area contributed by atoms with Crippen LogP contribution in [-0.2, 0) is 0 Å². The van der Waals surface area contributed by atoms with Gasteiger partial charge >= 0.3 is 0 Å². The highest BCUT2D eigenvalue weighted by Gasteiger charge is 2.14. The number of benzene rings is 3. The number of nitrogens with zero attached hydrogens (tertiary/aromatic N) is 2. The molecule has 5 nitrogen and oxygen atoms in total. The predicted molar refractivity (Wildman–Crippen MR) is 107 cm³/mol. The summed E-state index contributed by atoms with van der Waals surface area (Å²) in [5.74, 6) is 0.564. The Morgan fingerprint density at radius 2 is 1.35 bits per heavy atom. The van der Waals surface area contributed by atoms with Crippen LogP contribution in [0.25, 0.3) is 10.9 Å². The van der Waals surface area contributed by atoms with E-state index in [-0.39, 0.29) is 12.0 Å². The SMILES string of the molecule is Nc1nc(N)c2cc(NC(c3ccccc3)c3ccccc3)ccc2n1. The van der Waals surface area contributed by atoms with Gasteiger partial charge in [0.2, 0.25) is 5.95 Å². The standard InChI is InChI=1S/C21H19N5/c22-20-17-13-16(11-12-18(17)25-21(23)26-20)24-19(14-7-3-1-4-8-14)15-9-5-2-6-10-15/h1-13,19,24H,(H4,22,23,25,26). The zero-order valence-electron chi connectivity index (χ0n) is 14.1. The van der Waals surface area contributed by atoms with Crippen LogP contribution in [0.4, 0.5) is 17.5 Å². The van der Waals surface area contributed by atoms with Gasteiger partial charge in [0.1, 0.15) is 5.82 Å². The molecular formula is C21H19N5. The van der Waals surface area contributed by atoms with Gasteiger partial charge in [0.05, 0.1) is 11.6 Å². The summed E-state index contributed by atoms with van der Waals surface area (Å²) in [7, 11) is 0. The van der Waals surface area contributed by atoms with E-state index in [1.54, 1.807) is 0 Å². The molecule has 0 amide bonds. The lowest BCUT2D eigenvalue weighted by atomic mass is 9.98. The van der Waals surface area contributed by atoms with Gasteiger partial charge in [-0.15, -0.1) is 0 Å². The Hall–Kier alpha value is -3.60. The molecular weight excluding hydrogens is 322 g/mol. The Morgan fingerprint density at radius 1 is 0.731 bits per heavy atom. The van der Waals surface area contributed by atoms with Gasteiger partial charge in [0.15, 0.2) is 0 Å². The zero-order chi connectivity index (χ0) is 17.9. The maximum atomic E-state index is 6.02. The Bertz CT molecular complexity index is 993. The lowest BCUT2D eigenvalue weighted by molar-refractivity contribution is 0.940. The lowest BCUT2D eigenvalue weighted by Crippen LogP contribution is -2.12. The largest absolute Gasteiger partial charge is 0.383 e. The van der Waals surface area contributed by atoms with Gasteiger partial charge in [-0.1, -0.05) is 60.7 Å². The van der Waals surface area contributed by atoms with Crippen molar-refractivity contribution >= 4 is 28.4 Å². The molecule has 0 fully saturated rings. The average Bonchev–Trinajstić information content (AvgIpc) is 2.68. The quantitative estimate of drug-likeness (QED) is 0.522. The Kier molecular flexibility index (Phi) is 4.11. The van der Waals surface area contributed by atoms with Crippen molar-refractivity contribution in [3.05, 3.63) is 90.0 Å². The van der Waals surface area contributed by atoms with E-state index in [4.69, 9.17) is 11.5 Å². The van der Waals surface area contributed by atoms with Crippen molar-refractivity contribution in [1.29, 1.82) is 0 Å². The van der Waals surface area contributed by atoms with Crippen LogP contribution in [0.1, 0.15) is 17.2 Å². The van der Waals surface area contributed by atoms with E-state index in [1.165, 1.54) is 11.1 Å². The molecule has 0 bridgehead atoms. The van der Waals surface area contributed by atoms with Crippen LogP contribution in [0.2, 0.25) is 0 Å². The summed E-state index contributed by atoms with van der Waals surface area (Å²) in [5, 5.41) is 4.38. The Balaban J connectivity index is 1.75. The smallest absolute Gasteiger partial charge is 0.222 e. The molecule has 0 radical (unpaired) electrons. The summed E-state index contributed by atoms with van der Waals surface area (Å²) in [5.41, 5.74) is 15.7. The highest BCUT2D eigenvalue weighted by atomic mass is 15.0. The molecule has 0 aliphatic rings. The maximum Gasteiger partial charge on any atom is 0.222 e. The highest BCUT2D eigenvalue weighted by molar-refractivity contribution is 5.91. The van der Waals surface area contributed by atoms with Gasteiger partial charge in [-0.2, -0.15) is 4.98 Å². The van der Waals surface area contributed by atoms with Gasteiger partial charge in [-0.3, -0.25) is 0 Å². The molecule has 128 valence electrons. The third-order valence-corrected chi connectivity index (χ3v) is 4.32. The summed E-state index contributed by atoms with van der Waals surface area (Å²) in [4.78, 5) is 8.29. The van der Waals surface area contributed by atoms with Crippen LogP contribution >= 0.6 is 0 Å². The van der Waals surface area contributed by atoms with Crippen molar-refractivity contribution in [1.82, 2.24) is 9.97 Å². The molecule has 0 aliphatic heterocycles. The van der Waals surface area contributed by atoms with Crippen molar-refractivity contribution in [3.63, 3.8) is 0 Å². The number of nitrogens with two attached hydrogens (primary N) is 2. The summed E-state index contributed by atoms with van der Waals surface area (Å²) in [6, 6.07) is 26.5. The first kappa shape index (κ1) is 15.9. The zero-order valence-corrected chi connectivity index (χ0v) is 14.1. The second-order valence-corrected chi connectivity index (χ2v) is 6.10. The number of nitrogens with one attached hydrogen (secondary N) is 1. The van der Waals surface area contributed by atoms with Gasteiger partial charge in [0.25, 0.3) is 0 Å². The number of hydrogen-bond donors (Lipinski definition) is 3. The molecule has 0 saturated heterocycles. The van der Waals surface area contributed by atoms with E-state index < -0.39 is 0 Å². The number of hydrogen-bond acceptors (Lipinski definition) is 5. The molecule has 0 unspecified atom stereocenters. The van der Waals surface area contributed by atoms with E-state index in [2.05, 4.69) is 39.6 Å². The molecule has 1 aromatic heterocycles. The molecule has 4 rings (SSSR count). The van der Waals surface area contributed by atoms with Crippen LogP contribution in [0, 0.1) is 0 Å². The maximum absolute atomic E-state index is 6.02.